The summed E-state index contributed by atoms with van der Waals surface area (Å²) in [5.41, 5.74) is 0.174. The molecule has 1 atom stereocenters. The van der Waals surface area contributed by atoms with Gasteiger partial charge in [-0.25, -0.2) is 4.39 Å². The summed E-state index contributed by atoms with van der Waals surface area (Å²) in [6, 6.07) is 6.13. The number of rotatable bonds is 6. The van der Waals surface area contributed by atoms with Gasteiger partial charge in [0, 0.05) is 19.0 Å². The number of halogens is 1. The summed E-state index contributed by atoms with van der Waals surface area (Å²) in [5, 5.41) is 9.27. The van der Waals surface area contributed by atoms with Gasteiger partial charge in [0.25, 0.3) is 0 Å². The molecule has 110 valence electrons. The lowest BCUT2D eigenvalue weighted by Crippen LogP contribution is -2.39. The van der Waals surface area contributed by atoms with Crippen molar-refractivity contribution in [2.75, 3.05) is 20.1 Å². The van der Waals surface area contributed by atoms with E-state index in [1.54, 1.807) is 12.1 Å². The normalized spacial score (nSPS) is 23.4. The van der Waals surface area contributed by atoms with Crippen LogP contribution in [0.15, 0.2) is 24.3 Å². The molecule has 1 saturated carbocycles. The maximum absolute atomic E-state index is 13.6. The predicted octanol–water partition coefficient (Wildman–Crippen LogP) is 2.35. The minimum absolute atomic E-state index is 0.147. The number of ketones is 1. The van der Waals surface area contributed by atoms with Crippen LogP contribution in [-0.4, -0.2) is 42.0 Å². The Morgan fingerprint density at radius 2 is 2.10 bits per heavy atom. The van der Waals surface area contributed by atoms with Gasteiger partial charge in [0.05, 0.1) is 11.7 Å². The second kappa shape index (κ2) is 6.46. The molecule has 1 aliphatic carbocycles. The Morgan fingerprint density at radius 1 is 1.45 bits per heavy atom. The van der Waals surface area contributed by atoms with Crippen molar-refractivity contribution < 1.29 is 14.3 Å². The summed E-state index contributed by atoms with van der Waals surface area (Å²) in [7, 11) is 1.97. The molecule has 4 heteroatoms. The van der Waals surface area contributed by atoms with Gasteiger partial charge in [-0.2, -0.15) is 0 Å². The zero-order valence-electron chi connectivity index (χ0n) is 12.1. The molecule has 3 nitrogen and oxygen atoms in total. The SMILES string of the molecule is CC(CN(C)CC1CC(O)C1)C(=O)c1ccccc1F. The number of aliphatic hydroxyl groups is 1. The van der Waals surface area contributed by atoms with E-state index in [2.05, 4.69) is 4.90 Å². The molecule has 0 radical (unpaired) electrons. The lowest BCUT2D eigenvalue weighted by atomic mass is 9.82. The number of carbonyl (C=O) groups excluding carboxylic acids is 1. The summed E-state index contributed by atoms with van der Waals surface area (Å²) in [6.07, 6.45) is 1.55. The number of carbonyl (C=O) groups is 1. The summed E-state index contributed by atoms with van der Waals surface area (Å²) >= 11 is 0. The van der Waals surface area contributed by atoms with Gasteiger partial charge in [0.1, 0.15) is 5.82 Å². The number of hydrogen-bond donors (Lipinski definition) is 1. The van der Waals surface area contributed by atoms with E-state index < -0.39 is 5.82 Å². The van der Waals surface area contributed by atoms with E-state index in [0.717, 1.165) is 19.4 Å². The van der Waals surface area contributed by atoms with Gasteiger partial charge in [-0.3, -0.25) is 4.79 Å². The maximum Gasteiger partial charge on any atom is 0.169 e. The number of aliphatic hydroxyl groups excluding tert-OH is 1. The highest BCUT2D eigenvalue weighted by Gasteiger charge is 2.28. The van der Waals surface area contributed by atoms with E-state index in [1.165, 1.54) is 12.1 Å². The van der Waals surface area contributed by atoms with Gasteiger partial charge in [0.2, 0.25) is 0 Å². The van der Waals surface area contributed by atoms with Crippen molar-refractivity contribution in [1.82, 2.24) is 4.90 Å². The molecule has 0 bridgehead atoms. The molecule has 0 heterocycles. The fourth-order valence-electron chi connectivity index (χ4n) is 2.84. The third-order valence-electron chi connectivity index (χ3n) is 3.95. The van der Waals surface area contributed by atoms with Crippen LogP contribution in [0.3, 0.4) is 0 Å². The Labute approximate surface area is 119 Å². The highest BCUT2D eigenvalue weighted by Crippen LogP contribution is 2.27. The quantitative estimate of drug-likeness (QED) is 0.813. The van der Waals surface area contributed by atoms with E-state index >= 15 is 0 Å². The standard InChI is InChI=1S/C16H22FNO2/c1-11(9-18(2)10-12-7-13(19)8-12)16(20)14-5-3-4-6-15(14)17/h3-6,11-13,19H,7-10H2,1-2H3. The summed E-state index contributed by atoms with van der Waals surface area (Å²) in [5.74, 6) is -0.314. The first-order valence-electron chi connectivity index (χ1n) is 7.12. The van der Waals surface area contributed by atoms with Gasteiger partial charge in [-0.1, -0.05) is 19.1 Å². The topological polar surface area (TPSA) is 40.5 Å². The van der Waals surface area contributed by atoms with Crippen LogP contribution in [0.2, 0.25) is 0 Å². The molecule has 0 aromatic heterocycles. The largest absolute Gasteiger partial charge is 0.393 e. The molecule has 1 aromatic rings. The van der Waals surface area contributed by atoms with Crippen molar-refractivity contribution >= 4 is 5.78 Å². The monoisotopic (exact) mass is 279 g/mol. The van der Waals surface area contributed by atoms with Crippen LogP contribution in [0.4, 0.5) is 4.39 Å². The Kier molecular flexibility index (Phi) is 4.89. The van der Waals surface area contributed by atoms with Gasteiger partial charge in [0.15, 0.2) is 5.78 Å². The number of benzene rings is 1. The molecule has 1 N–H and O–H groups in total. The maximum atomic E-state index is 13.6. The summed E-state index contributed by atoms with van der Waals surface area (Å²) in [4.78, 5) is 14.3. The third-order valence-corrected chi connectivity index (χ3v) is 3.95. The smallest absolute Gasteiger partial charge is 0.169 e. The minimum Gasteiger partial charge on any atom is -0.393 e. The average molecular weight is 279 g/mol. The van der Waals surface area contributed by atoms with E-state index in [9.17, 15) is 14.3 Å². The molecule has 0 saturated heterocycles. The third kappa shape index (κ3) is 3.64. The van der Waals surface area contributed by atoms with Crippen LogP contribution < -0.4 is 0 Å². The van der Waals surface area contributed by atoms with E-state index in [0.29, 0.717) is 12.5 Å². The number of hydrogen-bond acceptors (Lipinski definition) is 3. The molecule has 20 heavy (non-hydrogen) atoms. The molecule has 1 fully saturated rings. The molecular weight excluding hydrogens is 257 g/mol. The Bertz CT molecular complexity index is 471. The van der Waals surface area contributed by atoms with Crippen LogP contribution in [-0.2, 0) is 0 Å². The van der Waals surface area contributed by atoms with E-state index in [4.69, 9.17) is 0 Å². The lowest BCUT2D eigenvalue weighted by Gasteiger charge is -2.35. The van der Waals surface area contributed by atoms with Crippen molar-refractivity contribution in [3.8, 4) is 0 Å². The average Bonchev–Trinajstić information content (AvgIpc) is 2.36. The number of nitrogens with zero attached hydrogens (tertiary/aromatic N) is 1. The highest BCUT2D eigenvalue weighted by atomic mass is 19.1. The van der Waals surface area contributed by atoms with Crippen LogP contribution >= 0.6 is 0 Å². The van der Waals surface area contributed by atoms with Gasteiger partial charge < -0.3 is 10.0 Å². The van der Waals surface area contributed by atoms with E-state index in [-0.39, 0.29) is 23.4 Å². The highest BCUT2D eigenvalue weighted by molar-refractivity contribution is 5.98. The molecular formula is C16H22FNO2. The van der Waals surface area contributed by atoms with Crippen LogP contribution in [0, 0.1) is 17.7 Å². The van der Waals surface area contributed by atoms with Crippen LogP contribution in [0.5, 0.6) is 0 Å². The second-order valence-electron chi connectivity index (χ2n) is 5.96. The fourth-order valence-corrected chi connectivity index (χ4v) is 2.84. The van der Waals surface area contributed by atoms with Crippen molar-refractivity contribution in [3.05, 3.63) is 35.6 Å². The second-order valence-corrected chi connectivity index (χ2v) is 5.96. The minimum atomic E-state index is -0.450. The molecule has 1 aliphatic rings. The number of Topliss-reactive ketones (excluding diaryl/α,β-unsaturated/α-hetero) is 1. The van der Waals surface area contributed by atoms with Crippen molar-refractivity contribution in [2.24, 2.45) is 11.8 Å². The molecule has 0 aliphatic heterocycles. The Balaban J connectivity index is 1.86. The zero-order chi connectivity index (χ0) is 14.7. The fraction of sp³-hybridized carbons (Fsp3) is 0.562. The van der Waals surface area contributed by atoms with Gasteiger partial charge in [-0.05, 0) is 37.9 Å². The predicted molar refractivity (Wildman–Crippen MR) is 76.1 cm³/mol. The van der Waals surface area contributed by atoms with Gasteiger partial charge in [-0.15, -0.1) is 0 Å². The molecule has 2 rings (SSSR count). The van der Waals surface area contributed by atoms with Crippen molar-refractivity contribution in [1.29, 1.82) is 0 Å². The Morgan fingerprint density at radius 3 is 2.70 bits per heavy atom. The summed E-state index contributed by atoms with van der Waals surface area (Å²) < 4.78 is 13.6. The summed E-state index contributed by atoms with van der Waals surface area (Å²) in [6.45, 7) is 3.33. The first kappa shape index (κ1) is 15.1. The first-order valence-corrected chi connectivity index (χ1v) is 7.12. The molecule has 1 aromatic carbocycles. The molecule has 1 unspecified atom stereocenters. The lowest BCUT2D eigenvalue weighted by molar-refractivity contribution is 0.0265. The van der Waals surface area contributed by atoms with Gasteiger partial charge >= 0.3 is 0 Å². The Hall–Kier alpha value is -1.26. The first-order chi connectivity index (χ1) is 9.47. The van der Waals surface area contributed by atoms with Crippen molar-refractivity contribution in [3.63, 3.8) is 0 Å². The van der Waals surface area contributed by atoms with E-state index in [1.807, 2.05) is 14.0 Å². The van der Waals surface area contributed by atoms with Crippen molar-refractivity contribution in [2.45, 2.75) is 25.9 Å². The molecule has 0 amide bonds. The molecule has 0 spiro atoms. The van der Waals surface area contributed by atoms with Crippen LogP contribution in [0.25, 0.3) is 0 Å². The van der Waals surface area contributed by atoms with Crippen LogP contribution in [0.1, 0.15) is 30.1 Å². The zero-order valence-corrected chi connectivity index (χ0v) is 12.1.